The summed E-state index contributed by atoms with van der Waals surface area (Å²) in [6.07, 6.45) is 4.19. The van der Waals surface area contributed by atoms with Crippen LogP contribution in [0.15, 0.2) is 16.5 Å². The van der Waals surface area contributed by atoms with Gasteiger partial charge in [-0.2, -0.15) is 0 Å². The summed E-state index contributed by atoms with van der Waals surface area (Å²) >= 11 is 0. The van der Waals surface area contributed by atoms with E-state index in [1.807, 2.05) is 13.0 Å². The highest BCUT2D eigenvalue weighted by atomic mass is 16.4. The molecule has 1 aliphatic rings. The molecule has 18 heavy (non-hydrogen) atoms. The van der Waals surface area contributed by atoms with Crippen LogP contribution in [0.2, 0.25) is 0 Å². The number of nitrogens with one attached hydrogen (secondary N) is 1. The molecule has 2 rings (SSSR count). The molecule has 0 aliphatic heterocycles. The number of carbonyl (C=O) groups is 1. The fraction of sp³-hybridized carbons (Fsp3) is 0.643. The lowest BCUT2D eigenvalue weighted by Gasteiger charge is -2.22. The van der Waals surface area contributed by atoms with Gasteiger partial charge in [-0.25, -0.2) is 0 Å². The first kappa shape index (κ1) is 13.1. The lowest BCUT2D eigenvalue weighted by Crippen LogP contribution is -2.40. The molecule has 1 aromatic rings. The van der Waals surface area contributed by atoms with Crippen LogP contribution in [0.1, 0.15) is 44.1 Å². The van der Waals surface area contributed by atoms with Gasteiger partial charge in [-0.1, -0.05) is 12.8 Å². The summed E-state index contributed by atoms with van der Waals surface area (Å²) in [5, 5.41) is 13.1. The van der Waals surface area contributed by atoms with Crippen molar-refractivity contribution in [3.05, 3.63) is 23.7 Å². The quantitative estimate of drug-likeness (QED) is 0.861. The molecule has 1 heterocycles. The zero-order valence-electron chi connectivity index (χ0n) is 11.0. The minimum absolute atomic E-state index is 0.0519. The number of aliphatic hydroxyl groups is 1. The predicted molar refractivity (Wildman–Crippen MR) is 68.0 cm³/mol. The third-order valence-corrected chi connectivity index (χ3v) is 3.60. The number of furan rings is 1. The summed E-state index contributed by atoms with van der Waals surface area (Å²) in [4.78, 5) is 11.9. The van der Waals surface area contributed by atoms with E-state index in [1.54, 1.807) is 13.0 Å². The van der Waals surface area contributed by atoms with Gasteiger partial charge in [0.2, 0.25) is 5.91 Å². The molecule has 4 nitrogen and oxygen atoms in total. The second-order valence-electron chi connectivity index (χ2n) is 5.38. The van der Waals surface area contributed by atoms with E-state index in [0.717, 1.165) is 31.4 Å². The van der Waals surface area contributed by atoms with Gasteiger partial charge in [0.05, 0.1) is 6.54 Å². The molecule has 100 valence electrons. The van der Waals surface area contributed by atoms with E-state index < -0.39 is 5.60 Å². The van der Waals surface area contributed by atoms with Crippen LogP contribution in [0.3, 0.4) is 0 Å². The SMILES string of the molecule is Cc1ccc(C(C)(O)CNC(=O)C2CCCC2)o1. The summed E-state index contributed by atoms with van der Waals surface area (Å²) in [5.74, 6) is 1.43. The highest BCUT2D eigenvalue weighted by molar-refractivity contribution is 5.78. The molecular weight excluding hydrogens is 230 g/mol. The normalized spacial score (nSPS) is 19.7. The molecule has 1 atom stereocenters. The topological polar surface area (TPSA) is 62.5 Å². The Hall–Kier alpha value is -1.29. The number of rotatable bonds is 4. The van der Waals surface area contributed by atoms with Crippen LogP contribution >= 0.6 is 0 Å². The van der Waals surface area contributed by atoms with Crippen LogP contribution in [0, 0.1) is 12.8 Å². The van der Waals surface area contributed by atoms with Crippen LogP contribution in [0.25, 0.3) is 0 Å². The number of carbonyl (C=O) groups excluding carboxylic acids is 1. The predicted octanol–water partition coefficient (Wildman–Crippen LogP) is 2.10. The molecule has 0 bridgehead atoms. The third-order valence-electron chi connectivity index (χ3n) is 3.60. The van der Waals surface area contributed by atoms with Crippen molar-refractivity contribution in [1.82, 2.24) is 5.32 Å². The van der Waals surface area contributed by atoms with Crippen molar-refractivity contribution < 1.29 is 14.3 Å². The van der Waals surface area contributed by atoms with Crippen LogP contribution in [-0.2, 0) is 10.4 Å². The van der Waals surface area contributed by atoms with Gasteiger partial charge in [-0.15, -0.1) is 0 Å². The van der Waals surface area contributed by atoms with E-state index >= 15 is 0 Å². The molecule has 1 amide bonds. The maximum Gasteiger partial charge on any atom is 0.223 e. The van der Waals surface area contributed by atoms with E-state index in [0.29, 0.717) is 5.76 Å². The number of amides is 1. The molecule has 0 spiro atoms. The summed E-state index contributed by atoms with van der Waals surface area (Å²) in [5.41, 5.74) is -1.15. The molecule has 1 aromatic heterocycles. The Balaban J connectivity index is 1.90. The lowest BCUT2D eigenvalue weighted by atomic mass is 10.0. The van der Waals surface area contributed by atoms with Crippen LogP contribution < -0.4 is 5.32 Å². The van der Waals surface area contributed by atoms with Gasteiger partial charge in [0.1, 0.15) is 17.1 Å². The second kappa shape index (κ2) is 5.14. The lowest BCUT2D eigenvalue weighted by molar-refractivity contribution is -0.126. The largest absolute Gasteiger partial charge is 0.463 e. The van der Waals surface area contributed by atoms with Gasteiger partial charge in [0, 0.05) is 5.92 Å². The van der Waals surface area contributed by atoms with E-state index in [2.05, 4.69) is 5.32 Å². The molecule has 0 saturated heterocycles. The Kier molecular flexibility index (Phi) is 3.76. The highest BCUT2D eigenvalue weighted by Crippen LogP contribution is 2.26. The van der Waals surface area contributed by atoms with Gasteiger partial charge in [0.25, 0.3) is 0 Å². The smallest absolute Gasteiger partial charge is 0.223 e. The van der Waals surface area contributed by atoms with Crippen molar-refractivity contribution in [2.45, 2.75) is 45.1 Å². The Morgan fingerprint density at radius 1 is 1.50 bits per heavy atom. The van der Waals surface area contributed by atoms with Gasteiger partial charge >= 0.3 is 0 Å². The first-order valence-electron chi connectivity index (χ1n) is 6.56. The standard InChI is InChI=1S/C14H21NO3/c1-10-7-8-12(18-10)14(2,17)9-15-13(16)11-5-3-4-6-11/h7-8,11,17H,3-6,9H2,1-2H3,(H,15,16). The van der Waals surface area contributed by atoms with Crippen molar-refractivity contribution in [1.29, 1.82) is 0 Å². The number of hydrogen-bond donors (Lipinski definition) is 2. The van der Waals surface area contributed by atoms with Gasteiger partial charge in [-0.05, 0) is 38.8 Å². The van der Waals surface area contributed by atoms with E-state index in [4.69, 9.17) is 4.42 Å². The maximum absolute atomic E-state index is 11.9. The monoisotopic (exact) mass is 251 g/mol. The van der Waals surface area contributed by atoms with Crippen LogP contribution in [0.4, 0.5) is 0 Å². The zero-order chi connectivity index (χ0) is 13.2. The van der Waals surface area contributed by atoms with Gasteiger partial charge in [0.15, 0.2) is 0 Å². The Bertz CT molecular complexity index is 416. The Morgan fingerprint density at radius 3 is 2.72 bits per heavy atom. The molecule has 1 unspecified atom stereocenters. The molecule has 1 aliphatic carbocycles. The summed E-state index contributed by atoms with van der Waals surface area (Å²) in [6, 6.07) is 3.56. The molecule has 1 saturated carbocycles. The second-order valence-corrected chi connectivity index (χ2v) is 5.38. The summed E-state index contributed by atoms with van der Waals surface area (Å²) in [6.45, 7) is 3.67. The molecule has 2 N–H and O–H groups in total. The fourth-order valence-corrected chi connectivity index (χ4v) is 2.40. The summed E-state index contributed by atoms with van der Waals surface area (Å²) in [7, 11) is 0. The highest BCUT2D eigenvalue weighted by Gasteiger charge is 2.29. The van der Waals surface area contributed by atoms with E-state index in [-0.39, 0.29) is 18.4 Å². The average Bonchev–Trinajstić information content (AvgIpc) is 2.96. The Morgan fingerprint density at radius 2 is 2.17 bits per heavy atom. The third kappa shape index (κ3) is 2.93. The van der Waals surface area contributed by atoms with Crippen molar-refractivity contribution >= 4 is 5.91 Å². The fourth-order valence-electron chi connectivity index (χ4n) is 2.40. The molecule has 0 radical (unpaired) electrons. The van der Waals surface area contributed by atoms with E-state index in [9.17, 15) is 9.90 Å². The number of hydrogen-bond acceptors (Lipinski definition) is 3. The van der Waals surface area contributed by atoms with Crippen molar-refractivity contribution in [2.75, 3.05) is 6.54 Å². The summed E-state index contributed by atoms with van der Waals surface area (Å²) < 4.78 is 5.40. The zero-order valence-corrected chi connectivity index (χ0v) is 11.0. The van der Waals surface area contributed by atoms with Crippen LogP contribution in [-0.4, -0.2) is 17.6 Å². The van der Waals surface area contributed by atoms with Crippen LogP contribution in [0.5, 0.6) is 0 Å². The Labute approximate surface area is 107 Å². The minimum atomic E-state index is -1.15. The molecule has 0 aromatic carbocycles. The molecule has 1 fully saturated rings. The average molecular weight is 251 g/mol. The van der Waals surface area contributed by atoms with E-state index in [1.165, 1.54) is 0 Å². The van der Waals surface area contributed by atoms with Gasteiger partial charge in [-0.3, -0.25) is 4.79 Å². The molecule has 4 heteroatoms. The first-order chi connectivity index (χ1) is 8.49. The molecular formula is C14H21NO3. The van der Waals surface area contributed by atoms with Crippen molar-refractivity contribution in [3.63, 3.8) is 0 Å². The number of aryl methyl sites for hydroxylation is 1. The van der Waals surface area contributed by atoms with Crippen molar-refractivity contribution in [2.24, 2.45) is 5.92 Å². The minimum Gasteiger partial charge on any atom is -0.463 e. The maximum atomic E-state index is 11.9. The van der Waals surface area contributed by atoms with Crippen molar-refractivity contribution in [3.8, 4) is 0 Å². The van der Waals surface area contributed by atoms with Gasteiger partial charge < -0.3 is 14.8 Å². The first-order valence-corrected chi connectivity index (χ1v) is 6.56.